The Balaban J connectivity index is 0. The summed E-state index contributed by atoms with van der Waals surface area (Å²) in [6.07, 6.45) is 3.45. The van der Waals surface area contributed by atoms with Crippen LogP contribution in [0.5, 0.6) is 0 Å². The second-order valence-electron chi connectivity index (χ2n) is 1.81. The summed E-state index contributed by atoms with van der Waals surface area (Å²) < 4.78 is 0. The second-order valence-corrected chi connectivity index (χ2v) is 1.81. The van der Waals surface area contributed by atoms with Gasteiger partial charge in [0.05, 0.1) is 0 Å². The third-order valence-corrected chi connectivity index (χ3v) is 0.723. The first-order chi connectivity index (χ1) is 4.81. The van der Waals surface area contributed by atoms with Crippen LogP contribution in [0.15, 0.2) is 24.5 Å². The normalized spacial score (nSPS) is 7.09. The van der Waals surface area contributed by atoms with E-state index >= 15 is 0 Å². The molecule has 0 spiro atoms. The maximum absolute atomic E-state index is 3.82. The van der Waals surface area contributed by atoms with Crippen LogP contribution in [0.2, 0.25) is 0 Å². The Morgan fingerprint density at radius 1 is 1.45 bits per heavy atom. The largest absolute Gasteiger partial charge is 0.668 e. The predicted octanol–water partition coefficient (Wildman–Crippen LogP) is 1.88. The molecule has 0 atom stereocenters. The van der Waals surface area contributed by atoms with Crippen molar-refractivity contribution in [3.05, 3.63) is 42.3 Å². The minimum atomic E-state index is 0. The van der Waals surface area contributed by atoms with E-state index in [1.165, 1.54) is 0 Å². The van der Waals surface area contributed by atoms with Gasteiger partial charge in [0.1, 0.15) is 0 Å². The van der Waals surface area contributed by atoms with E-state index in [-0.39, 0.29) is 32.7 Å². The molecule has 0 aliphatic rings. The van der Waals surface area contributed by atoms with Gasteiger partial charge in [-0.3, -0.25) is 0 Å². The van der Waals surface area contributed by atoms with E-state index in [1.54, 1.807) is 26.5 Å². The van der Waals surface area contributed by atoms with E-state index in [9.17, 15) is 0 Å². The summed E-state index contributed by atoms with van der Waals surface area (Å²) in [7, 11) is 3.50. The molecule has 1 radical (unpaired) electrons. The Kier molecular flexibility index (Phi) is 12.5. The van der Waals surface area contributed by atoms with Gasteiger partial charge < -0.3 is 10.3 Å². The third-order valence-electron chi connectivity index (χ3n) is 0.723. The summed E-state index contributed by atoms with van der Waals surface area (Å²) in [4.78, 5) is 3.82. The average molecular weight is 225 g/mol. The van der Waals surface area contributed by atoms with E-state index in [1.807, 2.05) is 12.1 Å². The molecule has 0 saturated heterocycles. The molecule has 0 aliphatic carbocycles. The van der Waals surface area contributed by atoms with Crippen LogP contribution in [-0.2, 0) is 32.7 Å². The van der Waals surface area contributed by atoms with Gasteiger partial charge in [0.2, 0.25) is 0 Å². The Labute approximate surface area is 93.7 Å². The molecule has 0 saturated carbocycles. The zero-order valence-electron chi connectivity index (χ0n) is 6.99. The van der Waals surface area contributed by atoms with Crippen LogP contribution in [0, 0.1) is 6.92 Å². The van der Waals surface area contributed by atoms with Gasteiger partial charge in [0.25, 0.3) is 0 Å². The van der Waals surface area contributed by atoms with Gasteiger partial charge in [-0.1, -0.05) is 6.20 Å². The molecule has 59 valence electrons. The topological polar surface area (TPSA) is 27.0 Å². The SMILES string of the molecule is C[N-]C.[CH2-]c1cccnc1.[Y]. The Hall–Kier alpha value is 0.0839. The van der Waals surface area contributed by atoms with Crippen LogP contribution in [-0.4, -0.2) is 19.1 Å². The smallest absolute Gasteiger partial charge is 0 e. The van der Waals surface area contributed by atoms with Crippen molar-refractivity contribution < 1.29 is 32.7 Å². The van der Waals surface area contributed by atoms with E-state index in [4.69, 9.17) is 0 Å². The number of pyridine rings is 1. The zero-order valence-corrected chi connectivity index (χ0v) is 9.83. The molecule has 1 heterocycles. The molecule has 0 fully saturated rings. The van der Waals surface area contributed by atoms with Crippen molar-refractivity contribution in [1.29, 1.82) is 0 Å². The molecule has 2 nitrogen and oxygen atoms in total. The van der Waals surface area contributed by atoms with Crippen molar-refractivity contribution >= 4 is 0 Å². The summed E-state index contributed by atoms with van der Waals surface area (Å²) in [5.41, 5.74) is 0.961. The van der Waals surface area contributed by atoms with Crippen LogP contribution in [0.4, 0.5) is 0 Å². The molecule has 1 aromatic rings. The van der Waals surface area contributed by atoms with Crippen LogP contribution in [0.1, 0.15) is 5.56 Å². The van der Waals surface area contributed by atoms with Gasteiger partial charge in [-0.05, 0) is 6.20 Å². The fourth-order valence-electron chi connectivity index (χ4n) is 0.398. The minimum absolute atomic E-state index is 0. The van der Waals surface area contributed by atoms with Gasteiger partial charge in [0, 0.05) is 32.7 Å². The van der Waals surface area contributed by atoms with Crippen LogP contribution >= 0.6 is 0 Å². The molecule has 0 amide bonds. The first-order valence-electron chi connectivity index (χ1n) is 3.01. The van der Waals surface area contributed by atoms with Crippen LogP contribution in [0.3, 0.4) is 0 Å². The number of nitrogens with zero attached hydrogens (tertiary/aromatic N) is 2. The molecular weight excluding hydrogens is 213 g/mol. The van der Waals surface area contributed by atoms with Gasteiger partial charge in [-0.2, -0.15) is 32.6 Å². The second kappa shape index (κ2) is 10.1. The monoisotopic (exact) mass is 225 g/mol. The van der Waals surface area contributed by atoms with Crippen LogP contribution in [0.25, 0.3) is 5.32 Å². The Morgan fingerprint density at radius 3 is 2.18 bits per heavy atom. The molecular formula is C8H12N2Y-2. The van der Waals surface area contributed by atoms with Crippen LogP contribution < -0.4 is 0 Å². The molecule has 0 bridgehead atoms. The Bertz CT molecular complexity index is 153. The Morgan fingerprint density at radius 2 is 2.00 bits per heavy atom. The van der Waals surface area contributed by atoms with Gasteiger partial charge in [0.15, 0.2) is 0 Å². The van der Waals surface area contributed by atoms with Crippen molar-refractivity contribution in [2.45, 2.75) is 0 Å². The van der Waals surface area contributed by atoms with E-state index < -0.39 is 0 Å². The van der Waals surface area contributed by atoms with E-state index in [0.29, 0.717) is 0 Å². The summed E-state index contributed by atoms with van der Waals surface area (Å²) >= 11 is 0. The van der Waals surface area contributed by atoms with Gasteiger partial charge >= 0.3 is 0 Å². The molecule has 1 aromatic heterocycles. The molecule has 0 unspecified atom stereocenters. The molecule has 1 rings (SSSR count). The standard InChI is InChI=1S/C6H6N.C2H6N.Y/c1-6-3-2-4-7-5-6;1-3-2;/h2-5H,1H2;1-2H3;/q2*-1;. The number of rotatable bonds is 0. The quantitative estimate of drug-likeness (QED) is 0.619. The fraction of sp³-hybridized carbons (Fsp3) is 0.250. The molecule has 0 aliphatic heterocycles. The van der Waals surface area contributed by atoms with Crippen molar-refractivity contribution in [3.63, 3.8) is 0 Å². The third kappa shape index (κ3) is 10.1. The summed E-state index contributed by atoms with van der Waals surface area (Å²) in [6.45, 7) is 3.66. The van der Waals surface area contributed by atoms with Gasteiger partial charge in [-0.25, -0.2) is 0 Å². The number of hydrogen-bond acceptors (Lipinski definition) is 1. The maximum atomic E-state index is 3.82. The van der Waals surface area contributed by atoms with Crippen molar-refractivity contribution in [3.8, 4) is 0 Å². The van der Waals surface area contributed by atoms with Gasteiger partial charge in [-0.15, -0.1) is 6.07 Å². The molecule has 3 heteroatoms. The maximum Gasteiger partial charge on any atom is 0 e. The average Bonchev–Trinajstić information content (AvgIpc) is 1.91. The molecule has 0 N–H and O–H groups in total. The minimum Gasteiger partial charge on any atom is -0.668 e. The van der Waals surface area contributed by atoms with Crippen molar-refractivity contribution in [2.24, 2.45) is 0 Å². The van der Waals surface area contributed by atoms with E-state index in [0.717, 1.165) is 5.56 Å². The first-order valence-corrected chi connectivity index (χ1v) is 3.01. The predicted molar refractivity (Wildman–Crippen MR) is 43.9 cm³/mol. The molecule has 11 heavy (non-hydrogen) atoms. The number of aromatic nitrogens is 1. The summed E-state index contributed by atoms with van der Waals surface area (Å²) in [5, 5.41) is 3.50. The fourth-order valence-corrected chi connectivity index (χ4v) is 0.398. The van der Waals surface area contributed by atoms with Crippen molar-refractivity contribution in [1.82, 2.24) is 4.98 Å². The van der Waals surface area contributed by atoms with E-state index in [2.05, 4.69) is 17.2 Å². The zero-order chi connectivity index (χ0) is 7.82. The number of hydrogen-bond donors (Lipinski definition) is 0. The molecule has 0 aromatic carbocycles. The summed E-state index contributed by atoms with van der Waals surface area (Å²) in [5.74, 6) is 0. The first kappa shape index (κ1) is 13.7. The summed E-state index contributed by atoms with van der Waals surface area (Å²) in [6, 6.07) is 3.77. The van der Waals surface area contributed by atoms with Crippen molar-refractivity contribution in [2.75, 3.05) is 14.1 Å².